The van der Waals surface area contributed by atoms with Gasteiger partial charge in [-0.15, -0.1) is 11.8 Å². The number of amides is 1. The summed E-state index contributed by atoms with van der Waals surface area (Å²) < 4.78 is 5.07. The number of nitro benzene ring substituents is 1. The van der Waals surface area contributed by atoms with Gasteiger partial charge in [0, 0.05) is 29.4 Å². The van der Waals surface area contributed by atoms with Crippen LogP contribution in [0.5, 0.6) is 11.5 Å². The first-order valence-corrected chi connectivity index (χ1v) is 8.11. The molecule has 0 saturated carbocycles. The minimum Gasteiger partial charge on any atom is -0.507 e. The van der Waals surface area contributed by atoms with Gasteiger partial charge in [-0.2, -0.15) is 0 Å². The Morgan fingerprint density at radius 2 is 2.00 bits per heavy atom. The number of aromatic hydroxyl groups is 1. The summed E-state index contributed by atoms with van der Waals surface area (Å²) in [5, 5.41) is 20.6. The first-order chi connectivity index (χ1) is 11.5. The van der Waals surface area contributed by atoms with Crippen LogP contribution in [0.25, 0.3) is 0 Å². The lowest BCUT2D eigenvalue weighted by Gasteiger charge is -2.25. The lowest BCUT2D eigenvalue weighted by atomic mass is 10.1. The molecule has 8 heteroatoms. The molecule has 1 unspecified atom stereocenters. The minimum atomic E-state index is -0.489. The number of hydrogen-bond acceptors (Lipinski definition) is 6. The molecule has 1 amide bonds. The molecule has 1 N–H and O–H groups in total. The van der Waals surface area contributed by atoms with Gasteiger partial charge in [-0.05, 0) is 24.3 Å². The van der Waals surface area contributed by atoms with Crippen LogP contribution in [0.2, 0.25) is 0 Å². The second-order valence-electron chi connectivity index (χ2n) is 5.13. The number of non-ortho nitro benzene ring substituents is 1. The molecule has 7 nitrogen and oxygen atoms in total. The number of nitro groups is 1. The van der Waals surface area contributed by atoms with E-state index in [4.69, 9.17) is 4.74 Å². The molecule has 1 heterocycles. The summed E-state index contributed by atoms with van der Waals surface area (Å²) in [6.07, 6.45) is 0. The van der Waals surface area contributed by atoms with Crippen molar-refractivity contribution in [1.82, 2.24) is 0 Å². The van der Waals surface area contributed by atoms with Gasteiger partial charge in [0.15, 0.2) is 0 Å². The molecule has 1 aliphatic heterocycles. The lowest BCUT2D eigenvalue weighted by molar-refractivity contribution is -0.384. The van der Waals surface area contributed by atoms with E-state index in [0.717, 1.165) is 0 Å². The normalized spacial score (nSPS) is 17.1. The molecule has 1 fully saturated rings. The molecule has 0 aromatic heterocycles. The van der Waals surface area contributed by atoms with Gasteiger partial charge >= 0.3 is 0 Å². The Hall–Kier alpha value is -2.74. The molecule has 124 valence electrons. The monoisotopic (exact) mass is 346 g/mol. The molecule has 1 saturated heterocycles. The van der Waals surface area contributed by atoms with Crippen molar-refractivity contribution < 1.29 is 19.6 Å². The van der Waals surface area contributed by atoms with Crippen molar-refractivity contribution >= 4 is 29.0 Å². The third kappa shape index (κ3) is 2.88. The van der Waals surface area contributed by atoms with Crippen molar-refractivity contribution in [2.45, 2.75) is 5.37 Å². The maximum absolute atomic E-state index is 12.3. The zero-order chi connectivity index (χ0) is 17.3. The highest BCUT2D eigenvalue weighted by Crippen LogP contribution is 2.45. The molecule has 0 radical (unpaired) electrons. The Morgan fingerprint density at radius 1 is 1.29 bits per heavy atom. The first-order valence-electron chi connectivity index (χ1n) is 7.06. The Morgan fingerprint density at radius 3 is 2.58 bits per heavy atom. The molecular formula is C16H14N2O5S. The van der Waals surface area contributed by atoms with E-state index in [2.05, 4.69) is 0 Å². The molecule has 0 spiro atoms. The van der Waals surface area contributed by atoms with E-state index in [1.807, 2.05) is 0 Å². The smallest absolute Gasteiger partial charge is 0.269 e. The fraction of sp³-hybridized carbons (Fsp3) is 0.188. The van der Waals surface area contributed by atoms with Gasteiger partial charge in [-0.1, -0.05) is 0 Å². The summed E-state index contributed by atoms with van der Waals surface area (Å²) in [6.45, 7) is 0. The van der Waals surface area contributed by atoms with E-state index in [0.29, 0.717) is 17.0 Å². The van der Waals surface area contributed by atoms with E-state index >= 15 is 0 Å². The van der Waals surface area contributed by atoms with E-state index in [1.54, 1.807) is 12.1 Å². The summed E-state index contributed by atoms with van der Waals surface area (Å²) >= 11 is 1.39. The van der Waals surface area contributed by atoms with Gasteiger partial charge in [0.05, 0.1) is 17.8 Å². The van der Waals surface area contributed by atoms with E-state index < -0.39 is 10.3 Å². The van der Waals surface area contributed by atoms with Crippen LogP contribution in [-0.2, 0) is 4.79 Å². The Bertz CT molecular complexity index is 794. The van der Waals surface area contributed by atoms with Gasteiger partial charge < -0.3 is 9.84 Å². The average molecular weight is 346 g/mol. The Balaban J connectivity index is 1.96. The first kappa shape index (κ1) is 16.1. The second kappa shape index (κ2) is 6.40. The third-order valence-electron chi connectivity index (χ3n) is 3.71. The summed E-state index contributed by atoms with van der Waals surface area (Å²) in [5.41, 5.74) is 1.10. The Labute approximate surface area is 142 Å². The van der Waals surface area contributed by atoms with Crippen LogP contribution in [0.3, 0.4) is 0 Å². The number of nitrogens with zero attached hydrogens (tertiary/aromatic N) is 2. The highest BCUT2D eigenvalue weighted by atomic mass is 32.2. The standard InChI is InChI=1S/C16H14N2O5S/c1-23-12-6-7-13(14(19)8-12)16-17(15(20)9-24-16)10-2-4-11(5-3-10)18(21)22/h2-8,16,19H,9H2,1H3. The predicted octanol–water partition coefficient (Wildman–Crippen LogP) is 3.09. The summed E-state index contributed by atoms with van der Waals surface area (Å²) in [4.78, 5) is 24.1. The van der Waals surface area contributed by atoms with Crippen LogP contribution in [0.4, 0.5) is 11.4 Å². The fourth-order valence-corrected chi connectivity index (χ4v) is 3.73. The van der Waals surface area contributed by atoms with Gasteiger partial charge in [0.2, 0.25) is 5.91 Å². The van der Waals surface area contributed by atoms with Crippen LogP contribution in [0.1, 0.15) is 10.9 Å². The number of ether oxygens (including phenoxy) is 1. The van der Waals surface area contributed by atoms with Gasteiger partial charge in [0.1, 0.15) is 16.9 Å². The van der Waals surface area contributed by atoms with Crippen LogP contribution in [0.15, 0.2) is 42.5 Å². The maximum Gasteiger partial charge on any atom is 0.269 e. The van der Waals surface area contributed by atoms with Crippen LogP contribution >= 0.6 is 11.8 Å². The predicted molar refractivity (Wildman–Crippen MR) is 90.4 cm³/mol. The molecule has 0 bridgehead atoms. The van der Waals surface area contributed by atoms with Gasteiger partial charge in [-0.3, -0.25) is 19.8 Å². The van der Waals surface area contributed by atoms with Crippen molar-refractivity contribution in [3.05, 3.63) is 58.1 Å². The number of carbonyl (C=O) groups is 1. The zero-order valence-corrected chi connectivity index (χ0v) is 13.5. The van der Waals surface area contributed by atoms with Crippen molar-refractivity contribution in [3.8, 4) is 11.5 Å². The van der Waals surface area contributed by atoms with Crippen molar-refractivity contribution in [1.29, 1.82) is 0 Å². The molecule has 2 aromatic carbocycles. The number of benzene rings is 2. The number of phenols is 1. The largest absolute Gasteiger partial charge is 0.507 e. The number of methoxy groups -OCH3 is 1. The quantitative estimate of drug-likeness (QED) is 0.675. The SMILES string of the molecule is COc1ccc(C2SCC(=O)N2c2ccc([N+](=O)[O-])cc2)c(O)c1. The second-order valence-corrected chi connectivity index (χ2v) is 6.19. The summed E-state index contributed by atoms with van der Waals surface area (Å²) in [7, 11) is 1.51. The maximum atomic E-state index is 12.3. The zero-order valence-electron chi connectivity index (χ0n) is 12.7. The summed E-state index contributed by atoms with van der Waals surface area (Å²) in [6, 6.07) is 10.7. The number of rotatable bonds is 4. The number of carbonyl (C=O) groups excluding carboxylic acids is 1. The summed E-state index contributed by atoms with van der Waals surface area (Å²) in [5.74, 6) is 0.711. The number of anilines is 1. The van der Waals surface area contributed by atoms with E-state index in [1.165, 1.54) is 54.1 Å². The molecule has 1 atom stereocenters. The van der Waals surface area contributed by atoms with Gasteiger partial charge in [-0.25, -0.2) is 0 Å². The molecule has 3 rings (SSSR count). The van der Waals surface area contributed by atoms with Crippen LogP contribution < -0.4 is 9.64 Å². The topological polar surface area (TPSA) is 92.9 Å². The number of hydrogen-bond donors (Lipinski definition) is 1. The van der Waals surface area contributed by atoms with E-state index in [-0.39, 0.29) is 23.1 Å². The highest BCUT2D eigenvalue weighted by molar-refractivity contribution is 8.00. The molecule has 1 aliphatic rings. The number of phenolic OH excluding ortho intramolecular Hbond substituents is 1. The van der Waals surface area contributed by atoms with Crippen LogP contribution in [-0.4, -0.2) is 28.8 Å². The fourth-order valence-electron chi connectivity index (χ4n) is 2.53. The molecule has 24 heavy (non-hydrogen) atoms. The van der Waals surface area contributed by atoms with Crippen molar-refractivity contribution in [2.75, 3.05) is 17.8 Å². The molecular weight excluding hydrogens is 332 g/mol. The van der Waals surface area contributed by atoms with Crippen molar-refractivity contribution in [3.63, 3.8) is 0 Å². The Kier molecular flexibility index (Phi) is 4.30. The average Bonchev–Trinajstić information content (AvgIpc) is 2.96. The highest BCUT2D eigenvalue weighted by Gasteiger charge is 2.35. The van der Waals surface area contributed by atoms with Crippen LogP contribution in [0, 0.1) is 10.1 Å². The number of thioether (sulfide) groups is 1. The lowest BCUT2D eigenvalue weighted by Crippen LogP contribution is -2.27. The van der Waals surface area contributed by atoms with E-state index in [9.17, 15) is 20.0 Å². The minimum absolute atomic E-state index is 0.0356. The third-order valence-corrected chi connectivity index (χ3v) is 4.90. The van der Waals surface area contributed by atoms with Gasteiger partial charge in [0.25, 0.3) is 5.69 Å². The molecule has 0 aliphatic carbocycles. The molecule has 2 aromatic rings. The van der Waals surface area contributed by atoms with Crippen molar-refractivity contribution in [2.24, 2.45) is 0 Å².